The molecule has 0 amide bonds. The summed E-state index contributed by atoms with van der Waals surface area (Å²) in [6, 6.07) is 11.4. The van der Waals surface area contributed by atoms with Gasteiger partial charge in [-0.1, -0.05) is 24.3 Å². The first-order chi connectivity index (χ1) is 9.47. The van der Waals surface area contributed by atoms with E-state index in [2.05, 4.69) is 12.2 Å². The fourth-order valence-electron chi connectivity index (χ4n) is 2.33. The summed E-state index contributed by atoms with van der Waals surface area (Å²) in [6.07, 6.45) is 0. The number of phenols is 2. The lowest BCUT2D eigenvalue weighted by Crippen LogP contribution is -2.18. The van der Waals surface area contributed by atoms with Crippen LogP contribution in [0.4, 0.5) is 0 Å². The van der Waals surface area contributed by atoms with E-state index in [1.807, 2.05) is 38.1 Å². The van der Waals surface area contributed by atoms with Gasteiger partial charge in [0.1, 0.15) is 11.5 Å². The molecule has 3 N–H and O–H groups in total. The molecule has 0 aromatic heterocycles. The summed E-state index contributed by atoms with van der Waals surface area (Å²) in [5, 5.41) is 22.7. The molecule has 0 aliphatic rings. The Labute approximate surface area is 119 Å². The second-order valence-electron chi connectivity index (χ2n) is 5.28. The molecule has 3 nitrogen and oxygen atoms in total. The van der Waals surface area contributed by atoms with Gasteiger partial charge in [-0.2, -0.15) is 0 Å². The molecule has 0 heterocycles. The minimum absolute atomic E-state index is 0.150. The third kappa shape index (κ3) is 3.31. The maximum atomic E-state index is 9.77. The summed E-state index contributed by atoms with van der Waals surface area (Å²) in [5.74, 6) is 0.655. The highest BCUT2D eigenvalue weighted by Gasteiger charge is 2.07. The van der Waals surface area contributed by atoms with Crippen molar-refractivity contribution in [1.82, 2.24) is 5.32 Å². The summed E-state index contributed by atoms with van der Waals surface area (Å²) in [5.41, 5.74) is 3.99. The van der Waals surface area contributed by atoms with Gasteiger partial charge >= 0.3 is 0 Å². The minimum Gasteiger partial charge on any atom is -0.508 e. The molecule has 0 bridgehead atoms. The van der Waals surface area contributed by atoms with Crippen molar-refractivity contribution < 1.29 is 10.2 Å². The molecule has 1 atom stereocenters. The SMILES string of the molecule is Cc1cc(CNC(C)c2cccc(O)c2)cc(C)c1O. The maximum Gasteiger partial charge on any atom is 0.121 e. The van der Waals surface area contributed by atoms with Crippen LogP contribution in [-0.4, -0.2) is 10.2 Å². The Kier molecular flexibility index (Phi) is 4.30. The number of hydrogen-bond donors (Lipinski definition) is 3. The van der Waals surface area contributed by atoms with Crippen LogP contribution in [0.2, 0.25) is 0 Å². The average molecular weight is 271 g/mol. The highest BCUT2D eigenvalue weighted by atomic mass is 16.3. The zero-order valence-electron chi connectivity index (χ0n) is 12.1. The van der Waals surface area contributed by atoms with Gasteiger partial charge in [-0.15, -0.1) is 0 Å². The number of aromatic hydroxyl groups is 2. The van der Waals surface area contributed by atoms with Crippen LogP contribution in [0.25, 0.3) is 0 Å². The molecule has 0 spiro atoms. The first-order valence-electron chi connectivity index (χ1n) is 6.79. The Morgan fingerprint density at radius 3 is 2.30 bits per heavy atom. The van der Waals surface area contributed by atoms with Crippen LogP contribution in [0.3, 0.4) is 0 Å². The molecule has 20 heavy (non-hydrogen) atoms. The van der Waals surface area contributed by atoms with Gasteiger partial charge in [0, 0.05) is 12.6 Å². The second-order valence-corrected chi connectivity index (χ2v) is 5.28. The normalized spacial score (nSPS) is 12.3. The van der Waals surface area contributed by atoms with Crippen molar-refractivity contribution >= 4 is 0 Å². The molecule has 0 saturated carbocycles. The van der Waals surface area contributed by atoms with Gasteiger partial charge in [0.25, 0.3) is 0 Å². The molecule has 0 saturated heterocycles. The Bertz CT molecular complexity index is 585. The van der Waals surface area contributed by atoms with E-state index in [0.29, 0.717) is 5.75 Å². The van der Waals surface area contributed by atoms with Crippen LogP contribution >= 0.6 is 0 Å². The highest BCUT2D eigenvalue weighted by molar-refractivity contribution is 5.42. The van der Waals surface area contributed by atoms with Crippen LogP contribution in [0.1, 0.15) is 35.2 Å². The van der Waals surface area contributed by atoms with Crippen molar-refractivity contribution in [3.05, 3.63) is 58.7 Å². The molecule has 0 radical (unpaired) electrons. The smallest absolute Gasteiger partial charge is 0.121 e. The predicted molar refractivity (Wildman–Crippen MR) is 80.9 cm³/mol. The van der Waals surface area contributed by atoms with Crippen LogP contribution in [0.15, 0.2) is 36.4 Å². The van der Waals surface area contributed by atoms with Gasteiger partial charge in [-0.05, 0) is 55.2 Å². The number of rotatable bonds is 4. The van der Waals surface area contributed by atoms with Crippen LogP contribution in [0.5, 0.6) is 11.5 Å². The number of nitrogens with one attached hydrogen (secondary N) is 1. The van der Waals surface area contributed by atoms with Gasteiger partial charge in [0.15, 0.2) is 0 Å². The first kappa shape index (κ1) is 14.4. The van der Waals surface area contributed by atoms with E-state index in [1.54, 1.807) is 12.1 Å². The van der Waals surface area contributed by atoms with Gasteiger partial charge in [0.2, 0.25) is 0 Å². The maximum absolute atomic E-state index is 9.77. The van der Waals surface area contributed by atoms with E-state index in [4.69, 9.17) is 0 Å². The molecule has 0 aliphatic heterocycles. The van der Waals surface area contributed by atoms with E-state index in [0.717, 1.165) is 28.8 Å². The lowest BCUT2D eigenvalue weighted by Gasteiger charge is -2.15. The molecule has 2 aromatic carbocycles. The predicted octanol–water partition coefficient (Wildman–Crippen LogP) is 3.57. The Morgan fingerprint density at radius 2 is 1.70 bits per heavy atom. The van der Waals surface area contributed by atoms with E-state index in [-0.39, 0.29) is 11.8 Å². The van der Waals surface area contributed by atoms with E-state index >= 15 is 0 Å². The zero-order chi connectivity index (χ0) is 14.7. The summed E-state index contributed by atoms with van der Waals surface area (Å²) in [6.45, 7) is 6.60. The molecular weight excluding hydrogens is 250 g/mol. The molecule has 0 fully saturated rings. The largest absolute Gasteiger partial charge is 0.508 e. The highest BCUT2D eigenvalue weighted by Crippen LogP contribution is 2.23. The second kappa shape index (κ2) is 5.97. The van der Waals surface area contributed by atoms with Gasteiger partial charge < -0.3 is 15.5 Å². The summed E-state index contributed by atoms with van der Waals surface area (Å²) in [4.78, 5) is 0. The third-order valence-electron chi connectivity index (χ3n) is 3.53. The van der Waals surface area contributed by atoms with Crippen molar-refractivity contribution in [3.63, 3.8) is 0 Å². The average Bonchev–Trinajstić information content (AvgIpc) is 2.42. The van der Waals surface area contributed by atoms with Gasteiger partial charge in [-0.3, -0.25) is 0 Å². The van der Waals surface area contributed by atoms with Crippen molar-refractivity contribution in [1.29, 1.82) is 0 Å². The molecule has 0 aliphatic carbocycles. The quantitative estimate of drug-likeness (QED) is 0.797. The number of benzene rings is 2. The number of phenolic OH excluding ortho intramolecular Hbond substituents is 2. The molecule has 1 unspecified atom stereocenters. The lowest BCUT2D eigenvalue weighted by atomic mass is 10.0. The van der Waals surface area contributed by atoms with E-state index in [1.165, 1.54) is 0 Å². The van der Waals surface area contributed by atoms with Crippen molar-refractivity contribution in [2.75, 3.05) is 0 Å². The van der Waals surface area contributed by atoms with Crippen molar-refractivity contribution in [2.45, 2.75) is 33.4 Å². The summed E-state index contributed by atoms with van der Waals surface area (Å²) in [7, 11) is 0. The molecule has 2 aromatic rings. The fourth-order valence-corrected chi connectivity index (χ4v) is 2.33. The van der Waals surface area contributed by atoms with Crippen LogP contribution < -0.4 is 5.32 Å². The van der Waals surface area contributed by atoms with Crippen LogP contribution in [-0.2, 0) is 6.54 Å². The molecule has 2 rings (SSSR count). The molecule has 3 heteroatoms. The van der Waals surface area contributed by atoms with Crippen molar-refractivity contribution in [2.24, 2.45) is 0 Å². The Morgan fingerprint density at radius 1 is 1.05 bits per heavy atom. The Hall–Kier alpha value is -2.00. The zero-order valence-corrected chi connectivity index (χ0v) is 12.1. The summed E-state index contributed by atoms with van der Waals surface area (Å²) >= 11 is 0. The monoisotopic (exact) mass is 271 g/mol. The Balaban J connectivity index is 2.05. The topological polar surface area (TPSA) is 52.5 Å². The first-order valence-corrected chi connectivity index (χ1v) is 6.79. The minimum atomic E-state index is 0.150. The lowest BCUT2D eigenvalue weighted by molar-refractivity contribution is 0.465. The third-order valence-corrected chi connectivity index (χ3v) is 3.53. The van der Waals surface area contributed by atoms with Crippen LogP contribution in [0, 0.1) is 13.8 Å². The van der Waals surface area contributed by atoms with Crippen molar-refractivity contribution in [3.8, 4) is 11.5 Å². The van der Waals surface area contributed by atoms with Gasteiger partial charge in [0.05, 0.1) is 0 Å². The summed E-state index contributed by atoms with van der Waals surface area (Å²) < 4.78 is 0. The van der Waals surface area contributed by atoms with Gasteiger partial charge in [-0.25, -0.2) is 0 Å². The standard InChI is InChI=1S/C17H21NO2/c1-11-7-14(8-12(2)17(11)20)10-18-13(3)15-5-4-6-16(19)9-15/h4-9,13,18-20H,10H2,1-3H3. The fraction of sp³-hybridized carbons (Fsp3) is 0.294. The number of aryl methyl sites for hydroxylation is 2. The molecule has 106 valence electrons. The van der Waals surface area contributed by atoms with E-state index in [9.17, 15) is 10.2 Å². The molecular formula is C17H21NO2. The number of hydrogen-bond acceptors (Lipinski definition) is 3. The van der Waals surface area contributed by atoms with E-state index < -0.39 is 0 Å².